The molecule has 0 spiro atoms. The van der Waals surface area contributed by atoms with Crippen LogP contribution >= 0.6 is 39.1 Å². The molecule has 0 aliphatic carbocycles. The van der Waals surface area contributed by atoms with E-state index in [1.54, 1.807) is 18.2 Å². The Hall–Kier alpha value is -0.610. The molecule has 0 amide bonds. The van der Waals surface area contributed by atoms with Crippen molar-refractivity contribution >= 4 is 39.1 Å². The summed E-state index contributed by atoms with van der Waals surface area (Å²) < 4.78 is 14.5. The maximum atomic E-state index is 13.7. The lowest BCUT2D eigenvalue weighted by atomic mass is 9.99. The van der Waals surface area contributed by atoms with Gasteiger partial charge in [-0.25, -0.2) is 4.39 Å². The lowest BCUT2D eigenvalue weighted by molar-refractivity contribution is 0.593. The smallest absolute Gasteiger partial charge is 0.127 e. The first kappa shape index (κ1) is 14.8. The molecule has 0 fully saturated rings. The molecule has 0 aliphatic rings. The summed E-state index contributed by atoms with van der Waals surface area (Å²) in [5.74, 6) is -0.337. The molecular weight excluding hydrogens is 352 g/mol. The third kappa shape index (κ3) is 3.69. The van der Waals surface area contributed by atoms with E-state index in [1.165, 1.54) is 6.07 Å². The summed E-state index contributed by atoms with van der Waals surface area (Å²) in [5.41, 5.74) is 7.53. The van der Waals surface area contributed by atoms with E-state index in [-0.39, 0.29) is 11.9 Å². The second-order valence-electron chi connectivity index (χ2n) is 4.22. The fraction of sp³-hybridized carbons (Fsp3) is 0.143. The zero-order chi connectivity index (χ0) is 14.0. The fourth-order valence-corrected chi connectivity index (χ4v) is 2.46. The highest BCUT2D eigenvalue weighted by atomic mass is 79.9. The third-order valence-corrected chi connectivity index (χ3v) is 4.28. The molecule has 2 aromatic carbocycles. The van der Waals surface area contributed by atoms with E-state index < -0.39 is 0 Å². The summed E-state index contributed by atoms with van der Waals surface area (Å²) in [5, 5.41) is 0.998. The molecule has 100 valence electrons. The van der Waals surface area contributed by atoms with Gasteiger partial charge in [-0.2, -0.15) is 0 Å². The number of halogens is 4. The van der Waals surface area contributed by atoms with E-state index in [2.05, 4.69) is 15.9 Å². The molecule has 0 radical (unpaired) electrons. The Labute approximate surface area is 129 Å². The van der Waals surface area contributed by atoms with Crippen molar-refractivity contribution in [2.24, 2.45) is 5.73 Å². The second-order valence-corrected chi connectivity index (χ2v) is 5.92. The Kier molecular flexibility index (Phi) is 4.85. The molecule has 0 bridgehead atoms. The SMILES string of the molecule is NC(Cc1ccc(Cl)cc1F)c1ccc(Cl)c(Br)c1. The van der Waals surface area contributed by atoms with Crippen molar-refractivity contribution in [3.63, 3.8) is 0 Å². The van der Waals surface area contributed by atoms with Gasteiger partial charge in [0.1, 0.15) is 5.82 Å². The van der Waals surface area contributed by atoms with Crippen molar-refractivity contribution in [2.45, 2.75) is 12.5 Å². The maximum absolute atomic E-state index is 13.7. The van der Waals surface area contributed by atoms with Crippen LogP contribution in [-0.2, 0) is 6.42 Å². The van der Waals surface area contributed by atoms with Crippen LogP contribution in [-0.4, -0.2) is 0 Å². The Morgan fingerprint density at radius 3 is 2.53 bits per heavy atom. The average Bonchev–Trinajstić information content (AvgIpc) is 2.36. The predicted molar refractivity (Wildman–Crippen MR) is 81.2 cm³/mol. The molecule has 1 unspecified atom stereocenters. The minimum atomic E-state index is -0.337. The summed E-state index contributed by atoms with van der Waals surface area (Å²) in [6, 6.07) is 9.75. The fourth-order valence-electron chi connectivity index (χ4n) is 1.79. The first-order valence-corrected chi connectivity index (χ1v) is 7.16. The molecule has 5 heteroatoms. The monoisotopic (exact) mass is 361 g/mol. The van der Waals surface area contributed by atoms with E-state index in [1.807, 2.05) is 12.1 Å². The van der Waals surface area contributed by atoms with E-state index in [4.69, 9.17) is 28.9 Å². The lowest BCUT2D eigenvalue weighted by Crippen LogP contribution is -2.14. The van der Waals surface area contributed by atoms with Gasteiger partial charge in [-0.1, -0.05) is 35.3 Å². The third-order valence-electron chi connectivity index (χ3n) is 2.83. The van der Waals surface area contributed by atoms with Crippen LogP contribution in [0.25, 0.3) is 0 Å². The maximum Gasteiger partial charge on any atom is 0.127 e. The first-order valence-electron chi connectivity index (χ1n) is 5.62. The zero-order valence-electron chi connectivity index (χ0n) is 9.84. The van der Waals surface area contributed by atoms with Gasteiger partial charge in [-0.05, 0) is 57.7 Å². The van der Waals surface area contributed by atoms with E-state index in [0.29, 0.717) is 22.0 Å². The summed E-state index contributed by atoms with van der Waals surface area (Å²) in [6.07, 6.45) is 0.400. The molecule has 0 aromatic heterocycles. The van der Waals surface area contributed by atoms with Crippen LogP contribution < -0.4 is 5.73 Å². The zero-order valence-corrected chi connectivity index (χ0v) is 12.9. The highest BCUT2D eigenvalue weighted by molar-refractivity contribution is 9.10. The van der Waals surface area contributed by atoms with E-state index >= 15 is 0 Å². The van der Waals surface area contributed by atoms with Crippen molar-refractivity contribution in [1.82, 2.24) is 0 Å². The molecule has 19 heavy (non-hydrogen) atoms. The minimum absolute atomic E-state index is 0.302. The molecule has 1 atom stereocenters. The molecule has 0 aliphatic heterocycles. The van der Waals surface area contributed by atoms with Gasteiger partial charge in [-0.15, -0.1) is 0 Å². The number of rotatable bonds is 3. The summed E-state index contributed by atoms with van der Waals surface area (Å²) in [6.45, 7) is 0. The molecule has 0 saturated carbocycles. The minimum Gasteiger partial charge on any atom is -0.324 e. The quantitative estimate of drug-likeness (QED) is 0.803. The summed E-state index contributed by atoms with van der Waals surface area (Å²) in [7, 11) is 0. The largest absolute Gasteiger partial charge is 0.324 e. The summed E-state index contributed by atoms with van der Waals surface area (Å²) in [4.78, 5) is 0. The number of nitrogens with two attached hydrogens (primary N) is 1. The first-order chi connectivity index (χ1) is 8.97. The van der Waals surface area contributed by atoms with Crippen molar-refractivity contribution in [1.29, 1.82) is 0 Å². The van der Waals surface area contributed by atoms with Crippen LogP contribution in [0.3, 0.4) is 0 Å². The van der Waals surface area contributed by atoms with Crippen LogP contribution in [0, 0.1) is 5.82 Å². The van der Waals surface area contributed by atoms with Crippen LogP contribution in [0.1, 0.15) is 17.2 Å². The number of hydrogen-bond donors (Lipinski definition) is 1. The van der Waals surface area contributed by atoms with Crippen molar-refractivity contribution in [3.05, 3.63) is 67.9 Å². The Balaban J connectivity index is 2.20. The molecule has 0 saturated heterocycles. The van der Waals surface area contributed by atoms with Gasteiger partial charge >= 0.3 is 0 Å². The van der Waals surface area contributed by atoms with Crippen molar-refractivity contribution in [3.8, 4) is 0 Å². The van der Waals surface area contributed by atoms with E-state index in [9.17, 15) is 4.39 Å². The Morgan fingerprint density at radius 2 is 1.89 bits per heavy atom. The van der Waals surface area contributed by atoms with Crippen LogP contribution in [0.5, 0.6) is 0 Å². The number of hydrogen-bond acceptors (Lipinski definition) is 1. The van der Waals surface area contributed by atoms with E-state index in [0.717, 1.165) is 10.0 Å². The molecule has 2 rings (SSSR count). The van der Waals surface area contributed by atoms with Crippen LogP contribution in [0.2, 0.25) is 10.0 Å². The van der Waals surface area contributed by atoms with Crippen LogP contribution in [0.4, 0.5) is 4.39 Å². The molecule has 2 N–H and O–H groups in total. The molecule has 0 heterocycles. The Morgan fingerprint density at radius 1 is 1.16 bits per heavy atom. The molecule has 2 aromatic rings. The predicted octanol–water partition coefficient (Wildman–Crippen LogP) is 5.14. The number of benzene rings is 2. The van der Waals surface area contributed by atoms with Gasteiger partial charge in [0.05, 0.1) is 5.02 Å². The second kappa shape index (κ2) is 6.23. The normalized spacial score (nSPS) is 12.5. The lowest BCUT2D eigenvalue weighted by Gasteiger charge is -2.13. The summed E-state index contributed by atoms with van der Waals surface area (Å²) >= 11 is 15.0. The highest BCUT2D eigenvalue weighted by Crippen LogP contribution is 2.27. The van der Waals surface area contributed by atoms with Crippen LogP contribution in [0.15, 0.2) is 40.9 Å². The topological polar surface area (TPSA) is 26.0 Å². The highest BCUT2D eigenvalue weighted by Gasteiger charge is 2.12. The van der Waals surface area contributed by atoms with Gasteiger partial charge in [0.25, 0.3) is 0 Å². The van der Waals surface area contributed by atoms with Gasteiger partial charge in [0.2, 0.25) is 0 Å². The molecule has 1 nitrogen and oxygen atoms in total. The standard InChI is InChI=1S/C14H11BrCl2FN/c15-11-5-9(2-4-12(11)17)14(19)6-8-1-3-10(16)7-13(8)18/h1-5,7,14H,6,19H2. The van der Waals surface area contributed by atoms with Crippen molar-refractivity contribution in [2.75, 3.05) is 0 Å². The van der Waals surface area contributed by atoms with Gasteiger partial charge < -0.3 is 5.73 Å². The van der Waals surface area contributed by atoms with Gasteiger partial charge in [0, 0.05) is 15.5 Å². The average molecular weight is 363 g/mol. The van der Waals surface area contributed by atoms with Gasteiger partial charge in [0.15, 0.2) is 0 Å². The van der Waals surface area contributed by atoms with Crippen molar-refractivity contribution < 1.29 is 4.39 Å². The van der Waals surface area contributed by atoms with Gasteiger partial charge in [-0.3, -0.25) is 0 Å². The Bertz CT molecular complexity index is 604. The molecular formula is C14H11BrCl2FN.